The number of hydrogen-bond donors (Lipinski definition) is 1. The summed E-state index contributed by atoms with van der Waals surface area (Å²) < 4.78 is 0. The number of halogens is 2. The van der Waals surface area contributed by atoms with Gasteiger partial charge in [-0.25, -0.2) is 4.99 Å². The molecular formula is C18H19Cl2N. The average molecular weight is 320 g/mol. The number of nitrogens with one attached hydrogen (secondary N) is 1. The van der Waals surface area contributed by atoms with Crippen LogP contribution in [0.1, 0.15) is 28.7 Å². The monoisotopic (exact) mass is 319 g/mol. The van der Waals surface area contributed by atoms with Crippen molar-refractivity contribution in [3.8, 4) is 0 Å². The summed E-state index contributed by atoms with van der Waals surface area (Å²) in [7, 11) is 0. The van der Waals surface area contributed by atoms with E-state index in [1.54, 1.807) is 0 Å². The van der Waals surface area contributed by atoms with Crippen LogP contribution in [0.25, 0.3) is 0 Å². The van der Waals surface area contributed by atoms with Crippen LogP contribution >= 0.6 is 11.6 Å². The average Bonchev–Trinajstić information content (AvgIpc) is 2.53. The van der Waals surface area contributed by atoms with Gasteiger partial charge in [0.15, 0.2) is 0 Å². The lowest BCUT2D eigenvalue weighted by Gasteiger charge is -2.14. The van der Waals surface area contributed by atoms with Crippen LogP contribution in [0.2, 0.25) is 0 Å². The molecular weight excluding hydrogens is 301 g/mol. The molecule has 0 fully saturated rings. The first-order chi connectivity index (χ1) is 9.90. The van der Waals surface area contributed by atoms with Gasteiger partial charge in [-0.05, 0) is 36.1 Å². The molecule has 0 atom stereocenters. The molecule has 0 saturated carbocycles. The molecule has 1 aliphatic heterocycles. The molecule has 0 aromatic heterocycles. The van der Waals surface area contributed by atoms with Gasteiger partial charge in [0.2, 0.25) is 5.71 Å². The molecule has 110 valence electrons. The molecule has 0 unspecified atom stereocenters. The quantitative estimate of drug-likeness (QED) is 0.719. The lowest BCUT2D eigenvalue weighted by molar-refractivity contribution is -0.457. The summed E-state index contributed by atoms with van der Waals surface area (Å²) in [6.45, 7) is 1.01. The van der Waals surface area contributed by atoms with Crippen LogP contribution in [0.15, 0.2) is 48.5 Å². The van der Waals surface area contributed by atoms with Gasteiger partial charge in [-0.2, -0.15) is 0 Å². The Balaban J connectivity index is 0.00000161. The molecule has 1 heterocycles. The summed E-state index contributed by atoms with van der Waals surface area (Å²) in [5.41, 5.74) is 6.76. The summed E-state index contributed by atoms with van der Waals surface area (Å²) in [4.78, 5) is 3.59. The van der Waals surface area contributed by atoms with Crippen molar-refractivity contribution in [2.24, 2.45) is 0 Å². The topological polar surface area (TPSA) is 14.0 Å². The number of hydrogen-bond acceptors (Lipinski definition) is 0. The first-order valence-corrected chi connectivity index (χ1v) is 7.77. The van der Waals surface area contributed by atoms with Gasteiger partial charge in [-0.1, -0.05) is 36.4 Å². The maximum Gasteiger partial charge on any atom is 0.213 e. The van der Waals surface area contributed by atoms with Crippen molar-refractivity contribution in [1.82, 2.24) is 0 Å². The third-order valence-corrected chi connectivity index (χ3v) is 4.12. The van der Waals surface area contributed by atoms with E-state index in [1.807, 2.05) is 0 Å². The predicted molar refractivity (Wildman–Crippen MR) is 84.7 cm³/mol. The van der Waals surface area contributed by atoms with Gasteiger partial charge < -0.3 is 12.4 Å². The highest BCUT2D eigenvalue weighted by atomic mass is 35.5. The predicted octanol–water partition coefficient (Wildman–Crippen LogP) is -0.664. The van der Waals surface area contributed by atoms with Crippen molar-refractivity contribution in [3.63, 3.8) is 0 Å². The van der Waals surface area contributed by atoms with Crippen molar-refractivity contribution in [3.05, 3.63) is 70.8 Å². The Morgan fingerprint density at radius 1 is 0.952 bits per heavy atom. The molecule has 0 bridgehead atoms. The van der Waals surface area contributed by atoms with Crippen molar-refractivity contribution in [1.29, 1.82) is 0 Å². The first kappa shape index (κ1) is 16.1. The lowest BCUT2D eigenvalue weighted by atomic mass is 9.90. The zero-order valence-corrected chi connectivity index (χ0v) is 13.4. The van der Waals surface area contributed by atoms with Crippen LogP contribution in [0.5, 0.6) is 0 Å². The van der Waals surface area contributed by atoms with E-state index in [1.165, 1.54) is 28.0 Å². The van der Waals surface area contributed by atoms with Crippen LogP contribution < -0.4 is 17.4 Å². The van der Waals surface area contributed by atoms with Gasteiger partial charge >= 0.3 is 0 Å². The van der Waals surface area contributed by atoms with Crippen molar-refractivity contribution < 1.29 is 17.4 Å². The van der Waals surface area contributed by atoms with E-state index in [2.05, 4.69) is 53.5 Å². The molecule has 0 saturated heterocycles. The van der Waals surface area contributed by atoms with Gasteiger partial charge in [-0.3, -0.25) is 0 Å². The van der Waals surface area contributed by atoms with Gasteiger partial charge in [0.05, 0.1) is 0 Å². The Kier molecular flexibility index (Phi) is 5.84. The second kappa shape index (κ2) is 7.63. The van der Waals surface area contributed by atoms with Crippen molar-refractivity contribution >= 4 is 17.3 Å². The molecule has 2 aromatic carbocycles. The highest BCUT2D eigenvalue weighted by Crippen LogP contribution is 2.19. The van der Waals surface area contributed by atoms with Crippen LogP contribution in [0.4, 0.5) is 0 Å². The molecule has 0 aliphatic carbocycles. The third-order valence-electron chi connectivity index (χ3n) is 3.85. The molecule has 1 nitrogen and oxygen atoms in total. The van der Waals surface area contributed by atoms with E-state index in [-0.39, 0.29) is 12.4 Å². The fourth-order valence-electron chi connectivity index (χ4n) is 2.88. The summed E-state index contributed by atoms with van der Waals surface area (Å²) >= 11 is 5.85. The Morgan fingerprint density at radius 3 is 2.48 bits per heavy atom. The highest BCUT2D eigenvalue weighted by molar-refractivity contribution is 6.17. The van der Waals surface area contributed by atoms with Gasteiger partial charge in [0.25, 0.3) is 0 Å². The highest BCUT2D eigenvalue weighted by Gasteiger charge is 2.22. The van der Waals surface area contributed by atoms with E-state index in [0.717, 1.165) is 25.8 Å². The number of alkyl halides is 1. The lowest BCUT2D eigenvalue weighted by Crippen LogP contribution is -3.00. The Bertz CT molecular complexity index is 635. The maximum atomic E-state index is 5.85. The van der Waals surface area contributed by atoms with E-state index in [4.69, 9.17) is 11.6 Å². The van der Waals surface area contributed by atoms with E-state index >= 15 is 0 Å². The fraction of sp³-hybridized carbons (Fsp3) is 0.278. The molecule has 1 aliphatic rings. The zero-order chi connectivity index (χ0) is 13.8. The van der Waals surface area contributed by atoms with E-state index in [0.29, 0.717) is 5.88 Å². The number of aryl methyl sites for hydroxylation is 1. The second-order valence-electron chi connectivity index (χ2n) is 5.16. The van der Waals surface area contributed by atoms with Crippen LogP contribution in [0, 0.1) is 0 Å². The minimum absolute atomic E-state index is 0. The van der Waals surface area contributed by atoms with Crippen LogP contribution in [-0.2, 0) is 12.8 Å². The molecule has 0 radical (unpaired) electrons. The summed E-state index contributed by atoms with van der Waals surface area (Å²) in [6.07, 6.45) is 3.16. The fourth-order valence-corrected chi connectivity index (χ4v) is 3.01. The van der Waals surface area contributed by atoms with Gasteiger partial charge in [0, 0.05) is 23.4 Å². The van der Waals surface area contributed by atoms with Gasteiger partial charge in [0.1, 0.15) is 6.54 Å². The van der Waals surface area contributed by atoms with Crippen LogP contribution in [0.3, 0.4) is 0 Å². The number of fused-ring (bicyclic) bond motifs is 1. The number of rotatable bonds is 4. The molecule has 21 heavy (non-hydrogen) atoms. The van der Waals surface area contributed by atoms with E-state index < -0.39 is 0 Å². The Labute approximate surface area is 137 Å². The van der Waals surface area contributed by atoms with E-state index in [9.17, 15) is 0 Å². The molecule has 2 aromatic rings. The van der Waals surface area contributed by atoms with Gasteiger partial charge in [-0.15, -0.1) is 11.6 Å². The first-order valence-electron chi connectivity index (χ1n) is 7.23. The normalized spacial score (nSPS) is 13.1. The minimum Gasteiger partial charge on any atom is -1.00 e. The standard InChI is InChI=1S/C18H18ClN.ClH/c19-12-5-8-14-6-1-3-9-16(14)18-17-10-4-2-7-15(17)11-13-20-18;/h1-4,6-7,9-10H,5,8,11-13H2;1H. The largest absolute Gasteiger partial charge is 1.00 e. The number of benzene rings is 2. The third kappa shape index (κ3) is 3.48. The molecule has 1 N–H and O–H groups in total. The van der Waals surface area contributed by atoms with Crippen molar-refractivity contribution in [2.45, 2.75) is 19.3 Å². The minimum atomic E-state index is 0. The Morgan fingerprint density at radius 2 is 1.67 bits per heavy atom. The van der Waals surface area contributed by atoms with Crippen molar-refractivity contribution in [2.75, 3.05) is 12.4 Å². The smallest absolute Gasteiger partial charge is 0.213 e. The summed E-state index contributed by atoms with van der Waals surface area (Å²) in [5.74, 6) is 0.716. The zero-order valence-electron chi connectivity index (χ0n) is 11.9. The van der Waals surface area contributed by atoms with Crippen LogP contribution in [-0.4, -0.2) is 18.1 Å². The molecule has 3 rings (SSSR count). The maximum absolute atomic E-state index is 5.85. The molecule has 0 amide bonds. The Hall–Kier alpha value is -1.31. The summed E-state index contributed by atoms with van der Waals surface area (Å²) in [5, 5.41) is 0. The SMILES string of the molecule is ClCCCc1ccccc1C1=[NH+]CCc2ccccc21.[Cl-]. The summed E-state index contributed by atoms with van der Waals surface area (Å²) in [6, 6.07) is 17.4. The second-order valence-corrected chi connectivity index (χ2v) is 5.54. The molecule has 3 heteroatoms. The molecule has 0 spiro atoms.